The number of pyridine rings is 1. The van der Waals surface area contributed by atoms with Gasteiger partial charge < -0.3 is 10.6 Å². The van der Waals surface area contributed by atoms with Crippen molar-refractivity contribution in [2.24, 2.45) is 0 Å². The molecule has 7 nitrogen and oxygen atoms in total. The van der Waals surface area contributed by atoms with Gasteiger partial charge in [-0.3, -0.25) is 20.0 Å². The fraction of sp³-hybridized carbons (Fsp3) is 0.562. The Morgan fingerprint density at radius 2 is 2.17 bits per heavy atom. The molecule has 1 aliphatic rings. The van der Waals surface area contributed by atoms with Gasteiger partial charge >= 0.3 is 6.03 Å². The first-order chi connectivity index (χ1) is 10.8. The molecule has 0 saturated carbocycles. The standard InChI is InChI=1S/C16H25N5O2.ClH/c1-16(2,3)20-15(23)19-14(22)11-21-8-7-18-10-13(21)12-5-4-6-17-9-12;/h4-6,9,13,18H,7-8,10-11H2,1-3H3,(H2,19,20,22,23);1H. The smallest absolute Gasteiger partial charge is 0.321 e. The van der Waals surface area contributed by atoms with Gasteiger partial charge in [0.05, 0.1) is 6.54 Å². The molecule has 1 unspecified atom stereocenters. The Morgan fingerprint density at radius 3 is 2.79 bits per heavy atom. The van der Waals surface area contributed by atoms with E-state index in [9.17, 15) is 9.59 Å². The average Bonchev–Trinajstić information content (AvgIpc) is 2.46. The van der Waals surface area contributed by atoms with Gasteiger partial charge in [-0.1, -0.05) is 6.07 Å². The molecule has 3 N–H and O–H groups in total. The summed E-state index contributed by atoms with van der Waals surface area (Å²) >= 11 is 0. The normalized spacial score (nSPS) is 18.4. The number of hydrogen-bond donors (Lipinski definition) is 3. The highest BCUT2D eigenvalue weighted by molar-refractivity contribution is 5.95. The average molecular weight is 356 g/mol. The van der Waals surface area contributed by atoms with Crippen LogP contribution < -0.4 is 16.0 Å². The molecule has 1 aromatic rings. The van der Waals surface area contributed by atoms with E-state index in [1.807, 2.05) is 39.1 Å². The molecular weight excluding hydrogens is 330 g/mol. The van der Waals surface area contributed by atoms with Crippen molar-refractivity contribution >= 4 is 24.3 Å². The molecule has 1 fully saturated rings. The minimum absolute atomic E-state index is 0. The van der Waals surface area contributed by atoms with Gasteiger partial charge in [0.15, 0.2) is 0 Å². The molecule has 0 bridgehead atoms. The number of amides is 3. The second kappa shape index (κ2) is 8.96. The Kier molecular flexibility index (Phi) is 7.59. The van der Waals surface area contributed by atoms with Crippen LogP contribution in [0.5, 0.6) is 0 Å². The molecule has 0 spiro atoms. The van der Waals surface area contributed by atoms with Crippen molar-refractivity contribution in [2.75, 3.05) is 26.2 Å². The van der Waals surface area contributed by atoms with Gasteiger partial charge in [-0.2, -0.15) is 0 Å². The molecule has 1 aliphatic heterocycles. The van der Waals surface area contributed by atoms with E-state index in [4.69, 9.17) is 0 Å². The number of carbonyl (C=O) groups excluding carboxylic acids is 2. The predicted molar refractivity (Wildman–Crippen MR) is 95.1 cm³/mol. The largest absolute Gasteiger partial charge is 0.333 e. The van der Waals surface area contributed by atoms with Crippen molar-refractivity contribution in [3.8, 4) is 0 Å². The van der Waals surface area contributed by atoms with Crippen LogP contribution in [-0.4, -0.2) is 53.5 Å². The summed E-state index contributed by atoms with van der Waals surface area (Å²) in [4.78, 5) is 30.1. The Bertz CT molecular complexity index is 547. The number of imide groups is 1. The molecule has 0 radical (unpaired) electrons. The van der Waals surface area contributed by atoms with E-state index in [-0.39, 0.29) is 36.4 Å². The van der Waals surface area contributed by atoms with Gasteiger partial charge in [-0.15, -0.1) is 12.4 Å². The minimum Gasteiger partial charge on any atom is -0.333 e. The lowest BCUT2D eigenvalue weighted by molar-refractivity contribution is -0.122. The summed E-state index contributed by atoms with van der Waals surface area (Å²) < 4.78 is 0. The third kappa shape index (κ3) is 6.43. The number of nitrogens with one attached hydrogen (secondary N) is 3. The van der Waals surface area contributed by atoms with Crippen molar-refractivity contribution in [1.82, 2.24) is 25.8 Å². The topological polar surface area (TPSA) is 86.4 Å². The van der Waals surface area contributed by atoms with Crippen LogP contribution in [0.4, 0.5) is 4.79 Å². The van der Waals surface area contributed by atoms with Gasteiger partial charge in [0, 0.05) is 43.6 Å². The molecule has 2 rings (SSSR count). The van der Waals surface area contributed by atoms with Crippen molar-refractivity contribution in [3.05, 3.63) is 30.1 Å². The van der Waals surface area contributed by atoms with Gasteiger partial charge in [-0.05, 0) is 32.4 Å². The van der Waals surface area contributed by atoms with Crippen LogP contribution in [0.1, 0.15) is 32.4 Å². The molecular formula is C16H26ClN5O2. The summed E-state index contributed by atoms with van der Waals surface area (Å²) in [6, 6.07) is 3.50. The number of aromatic nitrogens is 1. The molecule has 1 atom stereocenters. The van der Waals surface area contributed by atoms with E-state index in [1.165, 1.54) is 0 Å². The minimum atomic E-state index is -0.462. The van der Waals surface area contributed by atoms with E-state index in [0.717, 1.165) is 25.2 Å². The number of carbonyl (C=O) groups is 2. The summed E-state index contributed by atoms with van der Waals surface area (Å²) in [5, 5.41) is 8.44. The second-order valence-electron chi connectivity index (χ2n) is 6.73. The van der Waals surface area contributed by atoms with Gasteiger partial charge in [0.2, 0.25) is 5.91 Å². The third-order valence-electron chi connectivity index (χ3n) is 3.51. The van der Waals surface area contributed by atoms with Gasteiger partial charge in [-0.25, -0.2) is 4.79 Å². The highest BCUT2D eigenvalue weighted by atomic mass is 35.5. The first-order valence-electron chi connectivity index (χ1n) is 7.82. The van der Waals surface area contributed by atoms with Crippen molar-refractivity contribution in [2.45, 2.75) is 32.4 Å². The number of nitrogens with zero attached hydrogens (tertiary/aromatic N) is 2. The molecule has 8 heteroatoms. The highest BCUT2D eigenvalue weighted by Gasteiger charge is 2.26. The predicted octanol–water partition coefficient (Wildman–Crippen LogP) is 1.07. The quantitative estimate of drug-likeness (QED) is 0.755. The molecule has 1 aromatic heterocycles. The summed E-state index contributed by atoms with van der Waals surface area (Å²) in [6.45, 7) is 8.10. The van der Waals surface area contributed by atoms with E-state index >= 15 is 0 Å². The Balaban J connectivity index is 0.00000288. The van der Waals surface area contributed by atoms with E-state index in [0.29, 0.717) is 0 Å². The van der Waals surface area contributed by atoms with Crippen LogP contribution in [0.2, 0.25) is 0 Å². The maximum Gasteiger partial charge on any atom is 0.321 e. The number of urea groups is 1. The SMILES string of the molecule is CC(C)(C)NC(=O)NC(=O)CN1CCNCC1c1cccnc1.Cl. The monoisotopic (exact) mass is 355 g/mol. The number of rotatable bonds is 3. The Hall–Kier alpha value is -1.70. The Morgan fingerprint density at radius 1 is 1.42 bits per heavy atom. The van der Waals surface area contributed by atoms with Gasteiger partial charge in [0.1, 0.15) is 0 Å². The highest BCUT2D eigenvalue weighted by Crippen LogP contribution is 2.20. The zero-order valence-corrected chi connectivity index (χ0v) is 15.2. The van der Waals surface area contributed by atoms with Crippen molar-refractivity contribution in [3.63, 3.8) is 0 Å². The van der Waals surface area contributed by atoms with Crippen molar-refractivity contribution < 1.29 is 9.59 Å². The zero-order valence-electron chi connectivity index (χ0n) is 14.3. The zero-order chi connectivity index (χ0) is 16.9. The van der Waals surface area contributed by atoms with Crippen molar-refractivity contribution in [1.29, 1.82) is 0 Å². The third-order valence-corrected chi connectivity index (χ3v) is 3.51. The lowest BCUT2D eigenvalue weighted by Gasteiger charge is -2.35. The number of halogens is 1. The second-order valence-corrected chi connectivity index (χ2v) is 6.73. The number of hydrogen-bond acceptors (Lipinski definition) is 5. The summed E-state index contributed by atoms with van der Waals surface area (Å²) in [6.07, 6.45) is 3.54. The molecule has 24 heavy (non-hydrogen) atoms. The fourth-order valence-corrected chi connectivity index (χ4v) is 2.56. The lowest BCUT2D eigenvalue weighted by Crippen LogP contribution is -2.53. The maximum absolute atomic E-state index is 12.1. The number of piperazine rings is 1. The van der Waals surface area contributed by atoms with Crippen LogP contribution in [0.15, 0.2) is 24.5 Å². The molecule has 0 aromatic carbocycles. The van der Waals surface area contributed by atoms with Crippen LogP contribution in [0.3, 0.4) is 0 Å². The van der Waals surface area contributed by atoms with E-state index < -0.39 is 6.03 Å². The maximum atomic E-state index is 12.1. The molecule has 3 amide bonds. The first kappa shape index (κ1) is 20.3. The molecule has 2 heterocycles. The van der Waals surface area contributed by atoms with Crippen LogP contribution in [0, 0.1) is 0 Å². The first-order valence-corrected chi connectivity index (χ1v) is 7.82. The molecule has 1 saturated heterocycles. The molecule has 134 valence electrons. The van der Waals surface area contributed by atoms with Gasteiger partial charge in [0.25, 0.3) is 0 Å². The fourth-order valence-electron chi connectivity index (χ4n) is 2.56. The molecule has 0 aliphatic carbocycles. The lowest BCUT2D eigenvalue weighted by atomic mass is 10.1. The van der Waals surface area contributed by atoms with Crippen LogP contribution in [0.25, 0.3) is 0 Å². The van der Waals surface area contributed by atoms with Crippen LogP contribution in [-0.2, 0) is 4.79 Å². The summed E-state index contributed by atoms with van der Waals surface area (Å²) in [7, 11) is 0. The van der Waals surface area contributed by atoms with Crippen LogP contribution >= 0.6 is 12.4 Å². The summed E-state index contributed by atoms with van der Waals surface area (Å²) in [5.41, 5.74) is 0.684. The summed E-state index contributed by atoms with van der Waals surface area (Å²) in [5.74, 6) is -0.303. The van der Waals surface area contributed by atoms with E-state index in [1.54, 1.807) is 6.20 Å². The Labute approximate surface area is 149 Å². The van der Waals surface area contributed by atoms with E-state index in [2.05, 4.69) is 25.8 Å².